The largest absolute Gasteiger partial charge is 0.371 e. The molecule has 0 aromatic rings. The van der Waals surface area contributed by atoms with Gasteiger partial charge in [0.1, 0.15) is 5.60 Å². The van der Waals surface area contributed by atoms with E-state index >= 15 is 0 Å². The molecule has 0 saturated carbocycles. The van der Waals surface area contributed by atoms with E-state index in [0.29, 0.717) is 5.41 Å². The van der Waals surface area contributed by atoms with E-state index in [2.05, 4.69) is 19.2 Å². The van der Waals surface area contributed by atoms with Crippen LogP contribution in [0, 0.1) is 5.41 Å². The van der Waals surface area contributed by atoms with Crippen molar-refractivity contribution >= 4 is 0 Å². The van der Waals surface area contributed by atoms with E-state index in [0.717, 1.165) is 19.7 Å². The number of hydrogen-bond acceptors (Lipinski definition) is 2. The normalized spacial score (nSPS) is 31.1. The zero-order valence-electron chi connectivity index (χ0n) is 7.44. The Morgan fingerprint density at radius 2 is 1.91 bits per heavy atom. The molecule has 0 unspecified atom stereocenters. The third kappa shape index (κ3) is 0.695. The zero-order valence-corrected chi connectivity index (χ0v) is 7.44. The molecule has 0 aromatic heterocycles. The summed E-state index contributed by atoms with van der Waals surface area (Å²) in [5, 5.41) is 3.30. The Balaban J connectivity index is 2.12. The Hall–Kier alpha value is -0.0800. The molecule has 0 radical (unpaired) electrons. The second-order valence-corrected chi connectivity index (χ2v) is 3.87. The molecule has 2 aliphatic heterocycles. The predicted octanol–water partition coefficient (Wildman–Crippen LogP) is 1.17. The van der Waals surface area contributed by atoms with Crippen LogP contribution in [0.5, 0.6) is 0 Å². The van der Waals surface area contributed by atoms with E-state index in [-0.39, 0.29) is 5.60 Å². The Bertz CT molecular complexity index is 148. The van der Waals surface area contributed by atoms with Crippen molar-refractivity contribution < 1.29 is 4.74 Å². The fourth-order valence-electron chi connectivity index (χ4n) is 2.41. The second kappa shape index (κ2) is 2.20. The molecule has 2 saturated heterocycles. The lowest BCUT2D eigenvalue weighted by atomic mass is 9.61. The highest BCUT2D eigenvalue weighted by Crippen LogP contribution is 2.51. The molecule has 2 heteroatoms. The first kappa shape index (κ1) is 7.56. The first-order chi connectivity index (χ1) is 5.29. The monoisotopic (exact) mass is 155 g/mol. The second-order valence-electron chi connectivity index (χ2n) is 3.87. The van der Waals surface area contributed by atoms with Gasteiger partial charge in [0.2, 0.25) is 0 Å². The van der Waals surface area contributed by atoms with Gasteiger partial charge in [-0.1, -0.05) is 13.8 Å². The highest BCUT2D eigenvalue weighted by molar-refractivity contribution is 5.13. The van der Waals surface area contributed by atoms with Crippen molar-refractivity contribution in [1.29, 1.82) is 0 Å². The molecular formula is C9H17NO. The Kier molecular flexibility index (Phi) is 1.52. The van der Waals surface area contributed by atoms with Gasteiger partial charge in [-0.25, -0.2) is 0 Å². The summed E-state index contributed by atoms with van der Waals surface area (Å²) < 4.78 is 5.69. The average molecular weight is 155 g/mol. The van der Waals surface area contributed by atoms with Gasteiger partial charge in [-0.3, -0.25) is 0 Å². The molecule has 11 heavy (non-hydrogen) atoms. The van der Waals surface area contributed by atoms with Gasteiger partial charge in [0.05, 0.1) is 6.61 Å². The van der Waals surface area contributed by atoms with Crippen molar-refractivity contribution in [2.75, 3.05) is 19.7 Å². The first-order valence-corrected chi connectivity index (χ1v) is 4.63. The summed E-state index contributed by atoms with van der Waals surface area (Å²) in [6.07, 6.45) is 2.54. The van der Waals surface area contributed by atoms with Crippen LogP contribution >= 0.6 is 0 Å². The maximum Gasteiger partial charge on any atom is 0.101 e. The number of nitrogens with one attached hydrogen (secondary N) is 1. The SMILES string of the molecule is CCC1(CC)COC12CNC2. The average Bonchev–Trinajstić information content (AvgIpc) is 1.86. The molecule has 0 aliphatic carbocycles. The van der Waals surface area contributed by atoms with Gasteiger partial charge >= 0.3 is 0 Å². The molecule has 0 bridgehead atoms. The summed E-state index contributed by atoms with van der Waals surface area (Å²) in [7, 11) is 0. The Morgan fingerprint density at radius 3 is 2.00 bits per heavy atom. The number of hydrogen-bond donors (Lipinski definition) is 1. The lowest BCUT2D eigenvalue weighted by Gasteiger charge is -2.63. The van der Waals surface area contributed by atoms with Crippen LogP contribution in [-0.4, -0.2) is 25.3 Å². The highest BCUT2D eigenvalue weighted by atomic mass is 16.5. The molecule has 2 rings (SSSR count). The third-order valence-electron chi connectivity index (χ3n) is 3.77. The maximum atomic E-state index is 5.69. The highest BCUT2D eigenvalue weighted by Gasteiger charge is 2.61. The maximum absolute atomic E-state index is 5.69. The van der Waals surface area contributed by atoms with E-state index in [1.54, 1.807) is 0 Å². The number of rotatable bonds is 2. The summed E-state index contributed by atoms with van der Waals surface area (Å²) in [5.74, 6) is 0. The quantitative estimate of drug-likeness (QED) is 0.646. The minimum absolute atomic E-state index is 0.247. The summed E-state index contributed by atoms with van der Waals surface area (Å²) in [4.78, 5) is 0. The first-order valence-electron chi connectivity index (χ1n) is 4.63. The van der Waals surface area contributed by atoms with Crippen molar-refractivity contribution in [2.24, 2.45) is 5.41 Å². The fourth-order valence-corrected chi connectivity index (χ4v) is 2.41. The molecule has 1 spiro atoms. The Labute approximate surface area is 68.3 Å². The lowest BCUT2D eigenvalue weighted by molar-refractivity contribution is -0.290. The van der Waals surface area contributed by atoms with Crippen LogP contribution in [0.4, 0.5) is 0 Å². The van der Waals surface area contributed by atoms with E-state index in [4.69, 9.17) is 4.74 Å². The summed E-state index contributed by atoms with van der Waals surface area (Å²) >= 11 is 0. The molecule has 2 nitrogen and oxygen atoms in total. The Morgan fingerprint density at radius 1 is 1.27 bits per heavy atom. The van der Waals surface area contributed by atoms with Crippen molar-refractivity contribution in [3.05, 3.63) is 0 Å². The van der Waals surface area contributed by atoms with Crippen LogP contribution in [0.3, 0.4) is 0 Å². The molecule has 0 aromatic carbocycles. The van der Waals surface area contributed by atoms with Gasteiger partial charge in [-0.2, -0.15) is 0 Å². The molecule has 1 N–H and O–H groups in total. The van der Waals surface area contributed by atoms with Crippen molar-refractivity contribution in [1.82, 2.24) is 5.32 Å². The van der Waals surface area contributed by atoms with Gasteiger partial charge in [-0.15, -0.1) is 0 Å². The summed E-state index contributed by atoms with van der Waals surface area (Å²) in [6, 6.07) is 0. The smallest absolute Gasteiger partial charge is 0.101 e. The lowest BCUT2D eigenvalue weighted by Crippen LogP contribution is -2.77. The van der Waals surface area contributed by atoms with Crippen molar-refractivity contribution in [2.45, 2.75) is 32.3 Å². The predicted molar refractivity (Wildman–Crippen MR) is 44.6 cm³/mol. The molecule has 2 fully saturated rings. The van der Waals surface area contributed by atoms with Crippen molar-refractivity contribution in [3.63, 3.8) is 0 Å². The van der Waals surface area contributed by atoms with E-state index in [9.17, 15) is 0 Å². The minimum Gasteiger partial charge on any atom is -0.371 e. The van der Waals surface area contributed by atoms with Crippen LogP contribution in [0.25, 0.3) is 0 Å². The standard InChI is InChI=1S/C9H17NO/c1-3-8(4-2)7-11-9(8)5-10-6-9/h10H,3-7H2,1-2H3. The zero-order chi connectivity index (χ0) is 7.95. The van der Waals surface area contributed by atoms with E-state index < -0.39 is 0 Å². The van der Waals surface area contributed by atoms with Gasteiger partial charge < -0.3 is 10.1 Å². The molecular weight excluding hydrogens is 138 g/mol. The molecule has 2 heterocycles. The van der Waals surface area contributed by atoms with Crippen LogP contribution in [0.1, 0.15) is 26.7 Å². The molecule has 0 amide bonds. The number of ether oxygens (including phenoxy) is 1. The molecule has 2 aliphatic rings. The van der Waals surface area contributed by atoms with Crippen molar-refractivity contribution in [3.8, 4) is 0 Å². The van der Waals surface area contributed by atoms with Crippen LogP contribution in [0.15, 0.2) is 0 Å². The summed E-state index contributed by atoms with van der Waals surface area (Å²) in [5.41, 5.74) is 0.759. The van der Waals surface area contributed by atoms with E-state index in [1.807, 2.05) is 0 Å². The minimum atomic E-state index is 0.247. The van der Waals surface area contributed by atoms with Crippen LogP contribution < -0.4 is 5.32 Å². The molecule has 64 valence electrons. The van der Waals surface area contributed by atoms with Gasteiger partial charge in [-0.05, 0) is 12.8 Å². The van der Waals surface area contributed by atoms with Crippen LogP contribution in [0.2, 0.25) is 0 Å². The topological polar surface area (TPSA) is 21.3 Å². The van der Waals surface area contributed by atoms with Gasteiger partial charge in [0, 0.05) is 18.5 Å². The summed E-state index contributed by atoms with van der Waals surface area (Å²) in [6.45, 7) is 7.71. The van der Waals surface area contributed by atoms with E-state index in [1.165, 1.54) is 12.8 Å². The van der Waals surface area contributed by atoms with Gasteiger partial charge in [0.15, 0.2) is 0 Å². The molecule has 0 atom stereocenters. The third-order valence-corrected chi connectivity index (χ3v) is 3.77. The van der Waals surface area contributed by atoms with Gasteiger partial charge in [0.25, 0.3) is 0 Å². The fraction of sp³-hybridized carbons (Fsp3) is 1.00. The van der Waals surface area contributed by atoms with Crippen LogP contribution in [-0.2, 0) is 4.74 Å².